The van der Waals surface area contributed by atoms with Crippen molar-refractivity contribution < 1.29 is 32.3 Å². The first-order valence-corrected chi connectivity index (χ1v) is 12.1. The van der Waals surface area contributed by atoms with Gasteiger partial charge < -0.3 is 19.9 Å². The molecule has 2 aliphatic rings. The minimum atomic E-state index is -4.72. The minimum absolute atomic E-state index is 0.00544. The van der Waals surface area contributed by atoms with Crippen molar-refractivity contribution in [1.82, 2.24) is 24.9 Å². The number of amides is 3. The van der Waals surface area contributed by atoms with Gasteiger partial charge in [0.15, 0.2) is 5.69 Å². The molecular formula is C25H30F3N5O4. The second-order valence-corrected chi connectivity index (χ2v) is 9.61. The molecule has 3 amide bonds. The highest BCUT2D eigenvalue weighted by atomic mass is 19.4. The molecule has 12 heteroatoms. The highest BCUT2D eigenvalue weighted by Gasteiger charge is 2.45. The van der Waals surface area contributed by atoms with Crippen LogP contribution in [0.2, 0.25) is 0 Å². The summed E-state index contributed by atoms with van der Waals surface area (Å²) >= 11 is 0. The Kier molecular flexibility index (Phi) is 7.20. The maximum absolute atomic E-state index is 13.7. The third-order valence-electron chi connectivity index (χ3n) is 6.95. The molecule has 0 radical (unpaired) electrons. The third-order valence-corrected chi connectivity index (χ3v) is 6.95. The summed E-state index contributed by atoms with van der Waals surface area (Å²) in [6.07, 6.45) is -2.11. The van der Waals surface area contributed by atoms with Crippen molar-refractivity contribution in [3.63, 3.8) is 0 Å². The number of hydrogen-bond donors (Lipinski definition) is 1. The van der Waals surface area contributed by atoms with Crippen molar-refractivity contribution in [2.45, 2.75) is 50.2 Å². The van der Waals surface area contributed by atoms with E-state index in [-0.39, 0.29) is 54.7 Å². The van der Waals surface area contributed by atoms with E-state index in [0.717, 1.165) is 17.5 Å². The van der Waals surface area contributed by atoms with E-state index in [2.05, 4.69) is 10.4 Å². The van der Waals surface area contributed by atoms with Crippen LogP contribution in [-0.2, 0) is 22.2 Å². The first-order valence-electron chi connectivity index (χ1n) is 12.1. The van der Waals surface area contributed by atoms with Crippen LogP contribution >= 0.6 is 0 Å². The van der Waals surface area contributed by atoms with E-state index in [0.29, 0.717) is 18.6 Å². The predicted molar refractivity (Wildman–Crippen MR) is 127 cm³/mol. The van der Waals surface area contributed by atoms with Gasteiger partial charge in [-0.2, -0.15) is 18.3 Å². The SMILES string of the molecule is COc1ccc(-n2nc(C(F)(F)F)c3c2C(=O)N(CCC(=O)NC2(C(=O)N(C)C)CCCC2)CC3)cc1. The molecule has 200 valence electrons. The van der Waals surface area contributed by atoms with E-state index >= 15 is 0 Å². The number of ether oxygens (including phenoxy) is 1. The van der Waals surface area contributed by atoms with Gasteiger partial charge in [0.1, 0.15) is 17.0 Å². The molecule has 1 aliphatic heterocycles. The summed E-state index contributed by atoms with van der Waals surface area (Å²) in [5, 5.41) is 6.64. The highest BCUT2D eigenvalue weighted by Crippen LogP contribution is 2.36. The van der Waals surface area contributed by atoms with Crippen LogP contribution < -0.4 is 10.1 Å². The number of fused-ring (bicyclic) bond motifs is 1. The Morgan fingerprint density at radius 2 is 1.81 bits per heavy atom. The molecule has 1 aromatic carbocycles. The largest absolute Gasteiger partial charge is 0.497 e. The maximum atomic E-state index is 13.7. The molecule has 0 saturated heterocycles. The molecular weight excluding hydrogens is 491 g/mol. The molecule has 2 aromatic rings. The van der Waals surface area contributed by atoms with Gasteiger partial charge in [-0.05, 0) is 43.5 Å². The Labute approximate surface area is 212 Å². The lowest BCUT2D eigenvalue weighted by molar-refractivity contribution is -0.142. The van der Waals surface area contributed by atoms with Gasteiger partial charge in [-0.1, -0.05) is 12.8 Å². The lowest BCUT2D eigenvalue weighted by atomic mass is 9.95. The number of benzene rings is 1. The number of nitrogens with zero attached hydrogens (tertiary/aromatic N) is 4. The number of halogens is 3. The van der Waals surface area contributed by atoms with E-state index in [1.807, 2.05) is 0 Å². The standard InChI is InChI=1S/C25H30F3N5O4/c1-31(2)23(36)24(12-4-5-13-24)29-19(34)11-15-32-14-10-18-20(22(32)35)33(30-21(18)25(26,27)28)16-6-8-17(37-3)9-7-16/h6-9H,4-5,10-15H2,1-3H3,(H,29,34). The number of hydrogen-bond acceptors (Lipinski definition) is 5. The first-order chi connectivity index (χ1) is 17.5. The van der Waals surface area contributed by atoms with Gasteiger partial charge in [-0.25, -0.2) is 4.68 Å². The predicted octanol–water partition coefficient (Wildman–Crippen LogP) is 2.81. The Bertz CT molecular complexity index is 1180. The lowest BCUT2D eigenvalue weighted by Gasteiger charge is -2.32. The van der Waals surface area contributed by atoms with Crippen LogP contribution in [0.5, 0.6) is 5.75 Å². The average Bonchev–Trinajstić information content (AvgIpc) is 3.49. The second-order valence-electron chi connectivity index (χ2n) is 9.61. The molecule has 1 aromatic heterocycles. The van der Waals surface area contributed by atoms with Crippen LogP contribution in [0.1, 0.15) is 53.8 Å². The number of alkyl halides is 3. The van der Waals surface area contributed by atoms with Crippen molar-refractivity contribution in [1.29, 1.82) is 0 Å². The van der Waals surface area contributed by atoms with Crippen LogP contribution in [-0.4, -0.2) is 77.1 Å². The smallest absolute Gasteiger partial charge is 0.435 e. The molecule has 0 atom stereocenters. The van der Waals surface area contributed by atoms with Crippen LogP contribution in [0, 0.1) is 0 Å². The van der Waals surface area contributed by atoms with Crippen LogP contribution in [0.4, 0.5) is 13.2 Å². The highest BCUT2D eigenvalue weighted by molar-refractivity contribution is 5.96. The molecule has 2 heterocycles. The molecule has 9 nitrogen and oxygen atoms in total. The molecule has 1 saturated carbocycles. The van der Waals surface area contributed by atoms with Gasteiger partial charge >= 0.3 is 6.18 Å². The topological polar surface area (TPSA) is 96.8 Å². The van der Waals surface area contributed by atoms with Crippen molar-refractivity contribution in [3.8, 4) is 11.4 Å². The van der Waals surface area contributed by atoms with E-state index < -0.39 is 23.3 Å². The zero-order valence-electron chi connectivity index (χ0n) is 21.0. The fourth-order valence-electron chi connectivity index (χ4n) is 5.12. The minimum Gasteiger partial charge on any atom is -0.497 e. The number of carbonyl (C=O) groups excluding carboxylic acids is 3. The van der Waals surface area contributed by atoms with Crippen LogP contribution in [0.15, 0.2) is 24.3 Å². The summed E-state index contributed by atoms with van der Waals surface area (Å²) in [7, 11) is 4.74. The summed E-state index contributed by atoms with van der Waals surface area (Å²) in [5.74, 6) is -0.671. The normalized spacial score (nSPS) is 16.9. The zero-order valence-corrected chi connectivity index (χ0v) is 21.0. The van der Waals surface area contributed by atoms with Crippen LogP contribution in [0.3, 0.4) is 0 Å². The van der Waals surface area contributed by atoms with Gasteiger partial charge in [0, 0.05) is 39.2 Å². The fraction of sp³-hybridized carbons (Fsp3) is 0.520. The van der Waals surface area contributed by atoms with Crippen LogP contribution in [0.25, 0.3) is 5.69 Å². The Morgan fingerprint density at radius 3 is 2.38 bits per heavy atom. The summed E-state index contributed by atoms with van der Waals surface area (Å²) in [6.45, 7) is 0.0315. The summed E-state index contributed by atoms with van der Waals surface area (Å²) in [5.41, 5.74) is -2.08. The Balaban J connectivity index is 1.54. The van der Waals surface area contributed by atoms with Gasteiger partial charge in [0.25, 0.3) is 5.91 Å². The van der Waals surface area contributed by atoms with Crippen molar-refractivity contribution in [3.05, 3.63) is 41.2 Å². The van der Waals surface area contributed by atoms with E-state index in [1.54, 1.807) is 26.2 Å². The second kappa shape index (κ2) is 10.1. The molecule has 37 heavy (non-hydrogen) atoms. The molecule has 4 rings (SSSR count). The molecule has 0 bridgehead atoms. The number of carbonyl (C=O) groups is 3. The first kappa shape index (κ1) is 26.5. The van der Waals surface area contributed by atoms with Gasteiger partial charge in [0.05, 0.1) is 12.8 Å². The van der Waals surface area contributed by atoms with Gasteiger partial charge in [-0.15, -0.1) is 0 Å². The number of methoxy groups -OCH3 is 1. The molecule has 1 aliphatic carbocycles. The summed E-state index contributed by atoms with van der Waals surface area (Å²) in [6, 6.07) is 6.18. The molecule has 1 fully saturated rings. The molecule has 0 spiro atoms. The third kappa shape index (κ3) is 5.14. The molecule has 1 N–H and O–H groups in total. The lowest BCUT2D eigenvalue weighted by Crippen LogP contribution is -2.57. The van der Waals surface area contributed by atoms with Crippen molar-refractivity contribution in [2.24, 2.45) is 0 Å². The van der Waals surface area contributed by atoms with Gasteiger partial charge in [-0.3, -0.25) is 14.4 Å². The Morgan fingerprint density at radius 1 is 1.16 bits per heavy atom. The maximum Gasteiger partial charge on any atom is 0.435 e. The number of aromatic nitrogens is 2. The monoisotopic (exact) mass is 521 g/mol. The van der Waals surface area contributed by atoms with E-state index in [9.17, 15) is 27.6 Å². The van der Waals surface area contributed by atoms with Crippen molar-refractivity contribution in [2.75, 3.05) is 34.3 Å². The number of likely N-dealkylation sites (N-methyl/N-ethyl adjacent to an activating group) is 1. The van der Waals surface area contributed by atoms with E-state index in [4.69, 9.17) is 4.74 Å². The summed E-state index contributed by atoms with van der Waals surface area (Å²) in [4.78, 5) is 41.7. The average molecular weight is 522 g/mol. The van der Waals surface area contributed by atoms with E-state index in [1.165, 1.54) is 29.0 Å². The quantitative estimate of drug-likeness (QED) is 0.605. The van der Waals surface area contributed by atoms with Crippen molar-refractivity contribution >= 4 is 17.7 Å². The fourth-order valence-corrected chi connectivity index (χ4v) is 5.12. The number of rotatable bonds is 7. The van der Waals surface area contributed by atoms with Gasteiger partial charge in [0.2, 0.25) is 11.8 Å². The molecule has 0 unspecified atom stereocenters. The zero-order chi connectivity index (χ0) is 27.0. The number of nitrogens with one attached hydrogen (secondary N) is 1. The summed E-state index contributed by atoms with van der Waals surface area (Å²) < 4.78 is 47.4. The Hall–Kier alpha value is -3.57.